The summed E-state index contributed by atoms with van der Waals surface area (Å²) in [5, 5.41) is 2.96. The van der Waals surface area contributed by atoms with Crippen LogP contribution in [0.4, 0.5) is 11.4 Å². The fourth-order valence-corrected chi connectivity index (χ4v) is 4.39. The Hall–Kier alpha value is -3.69. The van der Waals surface area contributed by atoms with Gasteiger partial charge in [-0.1, -0.05) is 23.7 Å². The molecule has 0 aromatic heterocycles. The lowest BCUT2D eigenvalue weighted by atomic mass is 10.1. The number of para-hydroxylation sites is 1. The van der Waals surface area contributed by atoms with E-state index in [0.29, 0.717) is 28.5 Å². The van der Waals surface area contributed by atoms with Crippen molar-refractivity contribution in [2.24, 2.45) is 0 Å². The lowest BCUT2D eigenvalue weighted by molar-refractivity contribution is -0.111. The molecule has 2 N–H and O–H groups in total. The molecule has 3 rings (SSSR count). The first-order valence-corrected chi connectivity index (χ1v) is 11.8. The van der Waals surface area contributed by atoms with E-state index in [1.807, 2.05) is 0 Å². The second kappa shape index (κ2) is 11.0. The maximum absolute atomic E-state index is 12.6. The van der Waals surface area contributed by atoms with E-state index in [9.17, 15) is 13.2 Å². The van der Waals surface area contributed by atoms with Crippen LogP contribution in [0, 0.1) is 0 Å². The molecule has 0 bridgehead atoms. The van der Waals surface area contributed by atoms with Gasteiger partial charge in [0.2, 0.25) is 11.7 Å². The van der Waals surface area contributed by atoms with E-state index in [1.165, 1.54) is 51.7 Å². The number of hydrogen-bond acceptors (Lipinski definition) is 6. The molecule has 1 amide bonds. The molecular weight excluding hydrogens is 480 g/mol. The average molecular weight is 503 g/mol. The van der Waals surface area contributed by atoms with Crippen molar-refractivity contribution in [1.29, 1.82) is 0 Å². The molecule has 34 heavy (non-hydrogen) atoms. The van der Waals surface area contributed by atoms with Crippen molar-refractivity contribution in [3.8, 4) is 17.2 Å². The predicted molar refractivity (Wildman–Crippen MR) is 132 cm³/mol. The van der Waals surface area contributed by atoms with Gasteiger partial charge in [0, 0.05) is 17.3 Å². The Balaban J connectivity index is 1.71. The Kier molecular flexibility index (Phi) is 8.04. The molecule has 0 spiro atoms. The predicted octanol–water partition coefficient (Wildman–Crippen LogP) is 4.82. The molecule has 3 aromatic rings. The summed E-state index contributed by atoms with van der Waals surface area (Å²) in [4.78, 5) is 12.4. The average Bonchev–Trinajstić information content (AvgIpc) is 2.83. The number of hydrogen-bond donors (Lipinski definition) is 2. The number of carbonyl (C=O) groups excluding carboxylic acids is 1. The molecule has 0 radical (unpaired) electrons. The molecule has 8 nitrogen and oxygen atoms in total. The van der Waals surface area contributed by atoms with E-state index >= 15 is 0 Å². The highest BCUT2D eigenvalue weighted by atomic mass is 35.5. The van der Waals surface area contributed by atoms with Crippen molar-refractivity contribution in [2.45, 2.75) is 4.90 Å². The van der Waals surface area contributed by atoms with E-state index in [2.05, 4.69) is 10.0 Å². The van der Waals surface area contributed by atoms with Crippen LogP contribution in [-0.4, -0.2) is 35.7 Å². The number of sulfonamides is 1. The summed E-state index contributed by atoms with van der Waals surface area (Å²) in [6.45, 7) is 0. The molecule has 3 aromatic carbocycles. The molecule has 0 saturated heterocycles. The highest BCUT2D eigenvalue weighted by Crippen LogP contribution is 2.40. The van der Waals surface area contributed by atoms with Gasteiger partial charge >= 0.3 is 0 Å². The van der Waals surface area contributed by atoms with E-state index in [1.54, 1.807) is 42.5 Å². The molecule has 0 heterocycles. The molecule has 0 unspecified atom stereocenters. The summed E-state index contributed by atoms with van der Waals surface area (Å²) < 4.78 is 43.6. The topological polar surface area (TPSA) is 103 Å². The van der Waals surface area contributed by atoms with Crippen LogP contribution in [0.15, 0.2) is 71.6 Å². The van der Waals surface area contributed by atoms with Crippen LogP contribution < -0.4 is 24.2 Å². The molecule has 0 aliphatic carbocycles. The number of rotatable bonds is 9. The number of ether oxygens (including phenoxy) is 3. The van der Waals surface area contributed by atoms with Crippen molar-refractivity contribution < 1.29 is 27.4 Å². The first kappa shape index (κ1) is 24.9. The number of benzene rings is 3. The van der Waals surface area contributed by atoms with E-state index in [4.69, 9.17) is 25.8 Å². The zero-order chi connectivity index (χ0) is 24.7. The van der Waals surface area contributed by atoms with Gasteiger partial charge in [-0.3, -0.25) is 9.52 Å². The van der Waals surface area contributed by atoms with Crippen molar-refractivity contribution in [3.05, 3.63) is 77.3 Å². The Labute approximate surface area is 203 Å². The monoisotopic (exact) mass is 502 g/mol. The van der Waals surface area contributed by atoms with Gasteiger partial charge in [0.05, 0.1) is 36.9 Å². The second-order valence-corrected chi connectivity index (χ2v) is 8.95. The summed E-state index contributed by atoms with van der Waals surface area (Å²) >= 11 is 6.02. The highest BCUT2D eigenvalue weighted by Gasteiger charge is 2.16. The van der Waals surface area contributed by atoms with Crippen LogP contribution in [0.2, 0.25) is 5.02 Å². The molecule has 10 heteroatoms. The van der Waals surface area contributed by atoms with Crippen molar-refractivity contribution in [3.63, 3.8) is 0 Å². The minimum atomic E-state index is -3.84. The van der Waals surface area contributed by atoms with Gasteiger partial charge in [-0.2, -0.15) is 0 Å². The lowest BCUT2D eigenvalue weighted by Crippen LogP contribution is -2.13. The summed E-state index contributed by atoms with van der Waals surface area (Å²) in [5.74, 6) is 0.919. The van der Waals surface area contributed by atoms with Crippen LogP contribution >= 0.6 is 11.6 Å². The Morgan fingerprint density at radius 2 is 1.56 bits per heavy atom. The van der Waals surface area contributed by atoms with Crippen molar-refractivity contribution in [1.82, 2.24) is 0 Å². The van der Waals surface area contributed by atoms with Gasteiger partial charge in [0.25, 0.3) is 10.0 Å². The van der Waals surface area contributed by atoms with Crippen molar-refractivity contribution >= 4 is 45.0 Å². The quantitative estimate of drug-likeness (QED) is 0.407. The van der Waals surface area contributed by atoms with Gasteiger partial charge in [0.1, 0.15) is 0 Å². The van der Waals surface area contributed by atoms with Gasteiger partial charge < -0.3 is 19.5 Å². The minimum absolute atomic E-state index is 0.0241. The number of nitrogens with one attached hydrogen (secondary N) is 2. The molecule has 0 aliphatic rings. The van der Waals surface area contributed by atoms with Gasteiger partial charge in [0.15, 0.2) is 11.5 Å². The normalized spacial score (nSPS) is 11.2. The first-order chi connectivity index (χ1) is 16.3. The number of halogens is 1. The summed E-state index contributed by atoms with van der Waals surface area (Å²) in [7, 11) is 0.658. The van der Waals surface area contributed by atoms with Crippen LogP contribution in [0.3, 0.4) is 0 Å². The largest absolute Gasteiger partial charge is 0.493 e. The first-order valence-electron chi connectivity index (χ1n) is 9.94. The summed E-state index contributed by atoms with van der Waals surface area (Å²) in [6.07, 6.45) is 2.90. The maximum atomic E-state index is 12.6. The number of carbonyl (C=O) groups is 1. The maximum Gasteiger partial charge on any atom is 0.261 e. The van der Waals surface area contributed by atoms with Gasteiger partial charge in [-0.15, -0.1) is 0 Å². The molecule has 0 aliphatic heterocycles. The summed E-state index contributed by atoms with van der Waals surface area (Å²) in [5.41, 5.74) is 1.31. The van der Waals surface area contributed by atoms with Crippen LogP contribution in [0.5, 0.6) is 17.2 Å². The molecule has 0 atom stereocenters. The minimum Gasteiger partial charge on any atom is -0.493 e. The van der Waals surface area contributed by atoms with Crippen LogP contribution in [-0.2, 0) is 14.8 Å². The summed E-state index contributed by atoms with van der Waals surface area (Å²) in [6, 6.07) is 15.7. The fourth-order valence-electron chi connectivity index (χ4n) is 3.07. The zero-order valence-electron chi connectivity index (χ0n) is 18.7. The highest BCUT2D eigenvalue weighted by molar-refractivity contribution is 7.92. The standard InChI is InChI=1S/C24H23ClN2O6S/c1-31-21-14-8-16(23(32-2)24(21)33-3)9-15-22(28)26-17-10-12-18(13-11-17)34(29,30)27-20-7-5-4-6-19(20)25/h4-15,27H,1-3H3,(H,26,28). The number of amides is 1. The van der Waals surface area contributed by atoms with E-state index in [-0.39, 0.29) is 15.6 Å². The second-order valence-electron chi connectivity index (χ2n) is 6.86. The third kappa shape index (κ3) is 5.81. The Bertz CT molecular complexity index is 1310. The zero-order valence-corrected chi connectivity index (χ0v) is 20.2. The van der Waals surface area contributed by atoms with Crippen molar-refractivity contribution in [2.75, 3.05) is 31.4 Å². The number of methoxy groups -OCH3 is 3. The lowest BCUT2D eigenvalue weighted by Gasteiger charge is -2.14. The number of anilines is 2. The van der Waals surface area contributed by atoms with Crippen LogP contribution in [0.25, 0.3) is 6.08 Å². The third-order valence-electron chi connectivity index (χ3n) is 4.70. The van der Waals surface area contributed by atoms with Crippen LogP contribution in [0.1, 0.15) is 5.56 Å². The molecule has 0 saturated carbocycles. The Morgan fingerprint density at radius 3 is 2.18 bits per heavy atom. The smallest absolute Gasteiger partial charge is 0.261 e. The van der Waals surface area contributed by atoms with Gasteiger partial charge in [-0.25, -0.2) is 8.42 Å². The SMILES string of the molecule is COc1ccc(C=CC(=O)Nc2ccc(S(=O)(=O)Nc3ccccc3Cl)cc2)c(OC)c1OC. The molecular formula is C24H23ClN2O6S. The molecule has 178 valence electrons. The molecule has 0 fully saturated rings. The van der Waals surface area contributed by atoms with Gasteiger partial charge in [-0.05, 0) is 54.6 Å². The Morgan fingerprint density at radius 1 is 0.882 bits per heavy atom. The third-order valence-corrected chi connectivity index (χ3v) is 6.41. The van der Waals surface area contributed by atoms with E-state index < -0.39 is 15.9 Å². The fraction of sp³-hybridized carbons (Fsp3) is 0.125. The van der Waals surface area contributed by atoms with E-state index in [0.717, 1.165) is 0 Å².